The largest absolute Gasteiger partial charge is 0.417 e. The molecule has 2 rings (SSSR count). The van der Waals surface area contributed by atoms with Crippen LogP contribution in [0.4, 0.5) is 13.2 Å². The van der Waals surface area contributed by atoms with E-state index in [1.165, 1.54) is 6.21 Å². The molecule has 5 nitrogen and oxygen atoms in total. The third-order valence-corrected chi connectivity index (χ3v) is 3.37. The summed E-state index contributed by atoms with van der Waals surface area (Å²) in [5.41, 5.74) is 1.15. The van der Waals surface area contributed by atoms with Crippen LogP contribution < -0.4 is 11.0 Å². The molecule has 0 spiro atoms. The summed E-state index contributed by atoms with van der Waals surface area (Å²) < 4.78 is 39.4. The molecule has 0 saturated carbocycles. The van der Waals surface area contributed by atoms with E-state index in [4.69, 9.17) is 0 Å². The highest BCUT2D eigenvalue weighted by molar-refractivity contribution is 9.10. The van der Waals surface area contributed by atoms with Gasteiger partial charge in [0.1, 0.15) is 6.54 Å². The predicted octanol–water partition coefficient (Wildman–Crippen LogP) is 2.78. The van der Waals surface area contributed by atoms with E-state index < -0.39 is 29.8 Å². The van der Waals surface area contributed by atoms with Gasteiger partial charge in [-0.25, -0.2) is 5.43 Å². The number of nitrogens with one attached hydrogen (secondary N) is 1. The summed E-state index contributed by atoms with van der Waals surface area (Å²) in [6, 6.07) is 8.53. The monoisotopic (exact) mass is 401 g/mol. The van der Waals surface area contributed by atoms with Gasteiger partial charge in [-0.3, -0.25) is 9.59 Å². The van der Waals surface area contributed by atoms with E-state index in [1.54, 1.807) is 18.2 Å². The van der Waals surface area contributed by atoms with Crippen LogP contribution in [0.15, 0.2) is 57.0 Å². The first kappa shape index (κ1) is 17.9. The Morgan fingerprint density at radius 2 is 2.04 bits per heavy atom. The van der Waals surface area contributed by atoms with E-state index in [0.717, 1.165) is 10.5 Å². The van der Waals surface area contributed by atoms with Crippen LogP contribution >= 0.6 is 15.9 Å². The fourth-order valence-corrected chi connectivity index (χ4v) is 2.20. The summed E-state index contributed by atoms with van der Waals surface area (Å²) in [5, 5.41) is 3.70. The minimum atomic E-state index is -4.59. The van der Waals surface area contributed by atoms with E-state index in [9.17, 15) is 22.8 Å². The predicted molar refractivity (Wildman–Crippen MR) is 85.6 cm³/mol. The summed E-state index contributed by atoms with van der Waals surface area (Å²) in [6.45, 7) is -0.571. The summed E-state index contributed by atoms with van der Waals surface area (Å²) >= 11 is 3.28. The second-order valence-corrected chi connectivity index (χ2v) is 5.65. The highest BCUT2D eigenvalue weighted by atomic mass is 79.9. The lowest BCUT2D eigenvalue weighted by molar-refractivity contribution is -0.138. The number of hydrogen-bond donors (Lipinski definition) is 1. The average Bonchev–Trinajstić information content (AvgIpc) is 2.48. The maximum Gasteiger partial charge on any atom is 0.417 e. The molecular weight excluding hydrogens is 391 g/mol. The van der Waals surface area contributed by atoms with Crippen LogP contribution in [0, 0.1) is 0 Å². The van der Waals surface area contributed by atoms with Crippen molar-refractivity contribution in [3.05, 3.63) is 68.5 Å². The van der Waals surface area contributed by atoms with Gasteiger partial charge in [0.2, 0.25) is 0 Å². The molecule has 0 bridgehead atoms. The molecule has 1 heterocycles. The molecule has 0 radical (unpaired) electrons. The molecule has 126 valence electrons. The molecule has 0 aliphatic heterocycles. The van der Waals surface area contributed by atoms with Gasteiger partial charge in [0, 0.05) is 16.7 Å². The Balaban J connectivity index is 2.03. The van der Waals surface area contributed by atoms with Crippen molar-refractivity contribution in [1.82, 2.24) is 9.99 Å². The zero-order valence-electron chi connectivity index (χ0n) is 12.0. The van der Waals surface area contributed by atoms with Crippen molar-refractivity contribution in [3.8, 4) is 0 Å². The Hall–Kier alpha value is -2.42. The number of benzene rings is 1. The van der Waals surface area contributed by atoms with Crippen LogP contribution in [0.1, 0.15) is 11.1 Å². The molecule has 0 fully saturated rings. The number of hydrazone groups is 1. The number of carbonyl (C=O) groups excluding carboxylic acids is 1. The molecule has 1 N–H and O–H groups in total. The number of alkyl halides is 3. The number of halogens is 4. The number of amides is 1. The van der Waals surface area contributed by atoms with Crippen LogP contribution in [0.2, 0.25) is 0 Å². The van der Waals surface area contributed by atoms with E-state index in [0.29, 0.717) is 22.4 Å². The zero-order chi connectivity index (χ0) is 17.7. The summed E-state index contributed by atoms with van der Waals surface area (Å²) in [5.74, 6) is -0.720. The lowest BCUT2D eigenvalue weighted by Crippen LogP contribution is -2.30. The maximum absolute atomic E-state index is 12.6. The van der Waals surface area contributed by atoms with Gasteiger partial charge >= 0.3 is 6.18 Å². The van der Waals surface area contributed by atoms with Crippen molar-refractivity contribution in [3.63, 3.8) is 0 Å². The van der Waals surface area contributed by atoms with E-state index in [-0.39, 0.29) is 0 Å². The van der Waals surface area contributed by atoms with Crippen molar-refractivity contribution in [1.29, 1.82) is 0 Å². The highest BCUT2D eigenvalue weighted by Gasteiger charge is 2.31. The maximum atomic E-state index is 12.6. The summed E-state index contributed by atoms with van der Waals surface area (Å²) in [6.07, 6.45) is -2.62. The van der Waals surface area contributed by atoms with Gasteiger partial charge in [0.15, 0.2) is 0 Å². The Labute approximate surface area is 142 Å². The number of pyridine rings is 1. The Bertz CT molecular complexity index is 831. The number of nitrogens with zero attached hydrogens (tertiary/aromatic N) is 2. The van der Waals surface area contributed by atoms with Gasteiger partial charge in [-0.1, -0.05) is 28.1 Å². The SMILES string of the molecule is O=C(Cn1cc(C(F)(F)F)ccc1=O)N/N=C/c1cccc(Br)c1. The van der Waals surface area contributed by atoms with Gasteiger partial charge in [-0.2, -0.15) is 18.3 Å². The number of hydrogen-bond acceptors (Lipinski definition) is 3. The molecule has 0 unspecified atom stereocenters. The van der Waals surface area contributed by atoms with Gasteiger partial charge in [-0.05, 0) is 23.8 Å². The van der Waals surface area contributed by atoms with Crippen LogP contribution in [0.25, 0.3) is 0 Å². The van der Waals surface area contributed by atoms with Crippen molar-refractivity contribution in [2.75, 3.05) is 0 Å². The quantitative estimate of drug-likeness (QED) is 0.632. The summed E-state index contributed by atoms with van der Waals surface area (Å²) in [7, 11) is 0. The molecule has 2 aromatic rings. The van der Waals surface area contributed by atoms with Gasteiger partial charge in [0.05, 0.1) is 11.8 Å². The average molecular weight is 402 g/mol. The molecule has 24 heavy (non-hydrogen) atoms. The fourth-order valence-electron chi connectivity index (χ4n) is 1.78. The van der Waals surface area contributed by atoms with Crippen LogP contribution in [0.5, 0.6) is 0 Å². The van der Waals surface area contributed by atoms with Gasteiger partial charge in [-0.15, -0.1) is 0 Å². The lowest BCUT2D eigenvalue weighted by Gasteiger charge is -2.09. The van der Waals surface area contributed by atoms with Crippen molar-refractivity contribution in [2.45, 2.75) is 12.7 Å². The third kappa shape index (κ3) is 5.05. The van der Waals surface area contributed by atoms with Crippen LogP contribution in [-0.4, -0.2) is 16.7 Å². The fraction of sp³-hybridized carbons (Fsp3) is 0.133. The molecule has 0 aliphatic rings. The molecule has 9 heteroatoms. The van der Waals surface area contributed by atoms with Gasteiger partial charge in [0.25, 0.3) is 11.5 Å². The first-order valence-electron chi connectivity index (χ1n) is 6.61. The van der Waals surface area contributed by atoms with Crippen molar-refractivity contribution in [2.24, 2.45) is 5.10 Å². The van der Waals surface area contributed by atoms with Crippen LogP contribution in [-0.2, 0) is 17.5 Å². The lowest BCUT2D eigenvalue weighted by atomic mass is 10.2. The van der Waals surface area contributed by atoms with Crippen molar-refractivity contribution < 1.29 is 18.0 Å². The second-order valence-electron chi connectivity index (χ2n) is 4.73. The highest BCUT2D eigenvalue weighted by Crippen LogP contribution is 2.27. The van der Waals surface area contributed by atoms with Crippen LogP contribution in [0.3, 0.4) is 0 Å². The normalized spacial score (nSPS) is 11.7. The minimum absolute atomic E-state index is 0.571. The molecule has 1 aromatic carbocycles. The number of aromatic nitrogens is 1. The Kier molecular flexibility index (Phi) is 5.55. The van der Waals surface area contributed by atoms with E-state index in [1.807, 2.05) is 6.07 Å². The van der Waals surface area contributed by atoms with Gasteiger partial charge < -0.3 is 4.57 Å². The number of carbonyl (C=O) groups is 1. The first-order valence-corrected chi connectivity index (χ1v) is 7.40. The first-order chi connectivity index (χ1) is 11.3. The number of rotatable bonds is 4. The molecule has 1 aromatic heterocycles. The second kappa shape index (κ2) is 7.43. The van der Waals surface area contributed by atoms with E-state index >= 15 is 0 Å². The smallest absolute Gasteiger partial charge is 0.305 e. The minimum Gasteiger partial charge on any atom is -0.305 e. The third-order valence-electron chi connectivity index (χ3n) is 2.88. The molecule has 1 amide bonds. The Morgan fingerprint density at radius 1 is 1.29 bits per heavy atom. The Morgan fingerprint density at radius 3 is 2.71 bits per heavy atom. The molecule has 0 saturated heterocycles. The van der Waals surface area contributed by atoms with Crippen molar-refractivity contribution >= 4 is 28.1 Å². The summed E-state index contributed by atoms with van der Waals surface area (Å²) in [4.78, 5) is 23.2. The molecule has 0 atom stereocenters. The standard InChI is InChI=1S/C15H11BrF3N3O2/c16-12-3-1-2-10(6-12)7-20-21-13(23)9-22-8-11(15(17,18)19)4-5-14(22)24/h1-8H,9H2,(H,21,23)/b20-7+. The van der Waals surface area contributed by atoms with E-state index in [2.05, 4.69) is 26.5 Å². The molecule has 0 aliphatic carbocycles. The molecular formula is C15H11BrF3N3O2. The zero-order valence-corrected chi connectivity index (χ0v) is 13.6. The topological polar surface area (TPSA) is 63.5 Å².